The van der Waals surface area contributed by atoms with Crippen LogP contribution in [0.3, 0.4) is 0 Å². The molecule has 8 bridgehead atoms. The number of nitrogens with two attached hydrogens (primary N) is 5. The van der Waals surface area contributed by atoms with Gasteiger partial charge in [-0.25, -0.2) is 9.97 Å². The minimum atomic E-state index is -1.89. The number of primary amides is 3. The van der Waals surface area contributed by atoms with Crippen molar-refractivity contribution >= 4 is 139 Å². The number of fused-ring (bicyclic) bond motifs is 8. The van der Waals surface area contributed by atoms with Crippen molar-refractivity contribution < 1.29 is 82.4 Å². The Kier molecular flexibility index (Phi) is 39.7. The summed E-state index contributed by atoms with van der Waals surface area (Å²) in [4.78, 5) is 211. The van der Waals surface area contributed by atoms with E-state index < -0.39 is 199 Å². The smallest absolute Gasteiger partial charge is 0.303 e. The van der Waals surface area contributed by atoms with E-state index in [2.05, 4.69) is 81.6 Å². The van der Waals surface area contributed by atoms with Crippen LogP contribution in [-0.2, 0) is 80.0 Å². The highest BCUT2D eigenvalue weighted by Gasteiger charge is 2.39. The molecule has 38 nitrogen and oxygen atoms in total. The molecule has 2 aliphatic rings. The number of carboxylic acid groups (broad SMARTS) is 1. The highest BCUT2D eigenvalue weighted by Crippen LogP contribution is 2.37. The molecule has 2 aliphatic heterocycles. The maximum absolute atomic E-state index is 14.7. The number of aliphatic carboxylic acids is 1. The van der Waals surface area contributed by atoms with Crippen LogP contribution in [0.2, 0.25) is 0 Å². The maximum Gasteiger partial charge on any atom is 0.303 e. The molecule has 0 saturated heterocycles. The number of guanidine groups is 1. The van der Waals surface area contributed by atoms with Crippen LogP contribution in [0.25, 0.3) is 50.4 Å². The Labute approximate surface area is 738 Å². The summed E-state index contributed by atoms with van der Waals surface area (Å²) in [6.45, 7) is 26.4. The number of aromatic amines is 2. The van der Waals surface area contributed by atoms with Gasteiger partial charge in [-0.2, -0.15) is 0 Å². The molecule has 6 rings (SSSR count). The van der Waals surface area contributed by atoms with Crippen molar-refractivity contribution in [3.8, 4) is 0 Å². The third kappa shape index (κ3) is 30.7. The second-order valence-electron chi connectivity index (χ2n) is 33.1. The summed E-state index contributed by atoms with van der Waals surface area (Å²) in [5.74, 6) is -14.9. The van der Waals surface area contributed by atoms with Gasteiger partial charge in [0.1, 0.15) is 60.4 Å². The predicted octanol–water partition coefficient (Wildman–Crippen LogP) is 2.04. The number of nitrogens with one attached hydrogen (secondary N) is 14. The Morgan fingerprint density at radius 3 is 1.48 bits per heavy atom. The number of allylic oxidation sites excluding steroid dienone is 5. The molecule has 0 radical (unpaired) electrons. The van der Waals surface area contributed by atoms with E-state index in [-0.39, 0.29) is 89.6 Å². The number of hydrogen-bond acceptors (Lipinski definition) is 20. The van der Waals surface area contributed by atoms with Crippen LogP contribution in [-0.4, -0.2) is 210 Å². The number of rotatable bonds is 51. The van der Waals surface area contributed by atoms with E-state index in [0.717, 1.165) is 51.4 Å². The van der Waals surface area contributed by atoms with Gasteiger partial charge >= 0.3 is 5.97 Å². The van der Waals surface area contributed by atoms with Gasteiger partial charge < -0.3 is 112 Å². The van der Waals surface area contributed by atoms with Crippen molar-refractivity contribution in [3.63, 3.8) is 0 Å². The van der Waals surface area contributed by atoms with Gasteiger partial charge in [-0.3, -0.25) is 72.5 Å². The van der Waals surface area contributed by atoms with E-state index in [0.29, 0.717) is 56.9 Å². The van der Waals surface area contributed by atoms with Crippen LogP contribution in [0.1, 0.15) is 203 Å². The van der Waals surface area contributed by atoms with Crippen LogP contribution in [0.5, 0.6) is 0 Å². The van der Waals surface area contributed by atoms with Crippen molar-refractivity contribution in [1.29, 1.82) is 5.41 Å². The quantitative estimate of drug-likeness (QED) is 0.0171. The van der Waals surface area contributed by atoms with Crippen LogP contribution in [0, 0.1) is 37.0 Å². The molecule has 11 atom stereocenters. The zero-order valence-electron chi connectivity index (χ0n) is 74.1. The molecule has 0 spiro atoms. The van der Waals surface area contributed by atoms with Crippen LogP contribution < -0.4 is 87.2 Å². The molecule has 690 valence electrons. The Balaban J connectivity index is 1.23. The number of amides is 13. The monoisotopic (exact) mass is 1760 g/mol. The second-order valence-corrected chi connectivity index (χ2v) is 33.1. The number of benzene rings is 1. The SMILES string of the molecule is C=CC1=C(C)c2cc3[nH]c(cc4nc(cc5[nH]c(cc1n2)c(C)c5CCC(=O)N[C@H](C(=O)N[C@@H](CCC(N)=O)C(=O)N[C@@H](CCC(N)=O)C(=O)N[C@@H](CC(C)C)C(=O)NC(C(=O)N[C@@H](CCCCN)C(=O)N[C@@H](CCCNC(=N)N)C(=O)N[C@@H](Cc1ccccc1)C(=O)N[C@@H](CO)C(=O)N[C@@H](CC(C)C)C(N)=O)[C@@H](C)O)C(C)C)C(CCC(=O)O)=C4C)c(C)c3C=C. The first-order valence-corrected chi connectivity index (χ1v) is 42.6. The lowest BCUT2D eigenvalue weighted by atomic mass is 9.99. The standard InChI is InChI=1S/C89H127N21O17/c1-14-53-47(9)61-39-62-50(12)56(27-33-76(116)117)68(99-62)42-67-55(49(11)64(100-67)41-66-54(15-2)48(10)63(98-66)40-65(53)97-61)26-32-75(115)109-77(46(7)8)87(126)104-60(29-31-74(92)114)82(121)102-59(28-30-73(91)113)83(122)106-70(37-45(5)6)85(124)110-78(51(13)112)88(127)103-57(24-19-20-34-90)80(119)101-58(25-21-35-96-89(94)95)81(120)107-71(38-52-22-17-16-18-23-52)84(123)108-72(43-111)86(125)105-69(79(93)118)36-44(3)4/h14-18,22-23,39-42,44-46,51,57-60,69-72,77-78,97,100,111-112H,1-2,19-21,24-38,43,90H2,3-13H3,(H2,91,113)(H2,92,114)(H2,93,118)(H,101,119)(H,102,121)(H,103,127)(H,104,126)(H,105,125)(H,106,122)(H,107,120)(H,108,123)(H,109,115)(H,110,124)(H,116,117)(H4,94,95,96)/t51-,57+,58+,59+,60+,69+,70+,71+,72+,77+,78?/m1/s1. The summed E-state index contributed by atoms with van der Waals surface area (Å²) < 4.78 is 0. The van der Waals surface area contributed by atoms with E-state index in [9.17, 15) is 82.4 Å². The lowest BCUT2D eigenvalue weighted by Gasteiger charge is -2.29. The normalized spacial score (nSPS) is 14.5. The highest BCUT2D eigenvalue weighted by molar-refractivity contribution is 6.02. The molecule has 5 heterocycles. The summed E-state index contributed by atoms with van der Waals surface area (Å²) in [6, 6.07) is 0.337. The number of H-pyrrole nitrogens is 2. The van der Waals surface area contributed by atoms with Crippen molar-refractivity contribution in [2.45, 2.75) is 245 Å². The van der Waals surface area contributed by atoms with E-state index >= 15 is 0 Å². The molecule has 13 amide bonds. The first-order valence-electron chi connectivity index (χ1n) is 42.6. The second kappa shape index (κ2) is 49.1. The first kappa shape index (κ1) is 103. The summed E-state index contributed by atoms with van der Waals surface area (Å²) in [6.07, 6.45) is -0.374. The summed E-state index contributed by atoms with van der Waals surface area (Å²) in [5.41, 5.74) is 40.0. The van der Waals surface area contributed by atoms with Crippen molar-refractivity contribution in [2.75, 3.05) is 19.7 Å². The number of hydrogen-bond donors (Lipinski definition) is 22. The fraction of sp³-hybridized carbons (Fsp3) is 0.494. The van der Waals surface area contributed by atoms with Crippen molar-refractivity contribution in [2.24, 2.45) is 46.4 Å². The third-order valence-electron chi connectivity index (χ3n) is 21.8. The lowest BCUT2D eigenvalue weighted by Crippen LogP contribution is -2.62. The molecule has 1 unspecified atom stereocenters. The minimum Gasteiger partial charge on any atom is -0.481 e. The number of nitrogens with zero attached hydrogens (tertiary/aromatic N) is 2. The predicted molar refractivity (Wildman–Crippen MR) is 481 cm³/mol. The summed E-state index contributed by atoms with van der Waals surface area (Å²) in [7, 11) is 0. The van der Waals surface area contributed by atoms with Crippen LogP contribution in [0.15, 0.2) is 73.8 Å². The summed E-state index contributed by atoms with van der Waals surface area (Å²) >= 11 is 0. The molecule has 1 aromatic carbocycles. The number of aryl methyl sites for hydroxylation is 3. The van der Waals surface area contributed by atoms with Crippen LogP contribution in [0.4, 0.5) is 0 Å². The van der Waals surface area contributed by atoms with Crippen molar-refractivity contribution in [3.05, 3.63) is 124 Å². The highest BCUT2D eigenvalue weighted by atomic mass is 16.4. The number of carbonyl (C=O) groups excluding carboxylic acids is 13. The lowest BCUT2D eigenvalue weighted by molar-refractivity contribution is -0.137. The minimum absolute atomic E-state index is 0.0116. The molecule has 0 aliphatic carbocycles. The van der Waals surface area contributed by atoms with Gasteiger partial charge in [-0.05, 0) is 193 Å². The molecule has 38 heteroatoms. The molecule has 127 heavy (non-hydrogen) atoms. The summed E-state index contributed by atoms with van der Waals surface area (Å²) in [5, 5.41) is 67.5. The Bertz CT molecular complexity index is 4970. The van der Waals surface area contributed by atoms with E-state index in [4.69, 9.17) is 44.0 Å². The topological polar surface area (TPSA) is 643 Å². The largest absolute Gasteiger partial charge is 0.481 e. The Morgan fingerprint density at radius 2 is 0.953 bits per heavy atom. The van der Waals surface area contributed by atoms with Crippen molar-refractivity contribution in [1.82, 2.24) is 78.4 Å². The fourth-order valence-electron chi connectivity index (χ4n) is 14.7. The number of carbonyl (C=O) groups is 14. The molecular weight excluding hydrogens is 1640 g/mol. The molecule has 3 aromatic heterocycles. The number of aliphatic hydroxyl groups is 2. The fourth-order valence-corrected chi connectivity index (χ4v) is 14.7. The van der Waals surface area contributed by atoms with Gasteiger partial charge in [0, 0.05) is 71.9 Å². The van der Waals surface area contributed by atoms with Crippen LogP contribution >= 0.6 is 0 Å². The zero-order valence-corrected chi connectivity index (χ0v) is 74.1. The number of aromatic nitrogens is 4. The Morgan fingerprint density at radius 1 is 0.488 bits per heavy atom. The molecule has 27 N–H and O–H groups in total. The Hall–Kier alpha value is -13.0. The molecule has 4 aromatic rings. The molecule has 0 saturated carbocycles. The van der Waals surface area contributed by atoms with E-state index in [1.807, 2.05) is 52.0 Å². The van der Waals surface area contributed by atoms with E-state index in [1.165, 1.54) is 0 Å². The number of unbranched alkanes of at least 4 members (excludes halogenated alkanes) is 1. The van der Waals surface area contributed by atoms with Gasteiger partial charge in [0.25, 0.3) is 0 Å². The average molecular weight is 1760 g/mol. The maximum atomic E-state index is 14.7. The van der Waals surface area contributed by atoms with Gasteiger partial charge in [0.05, 0.1) is 35.5 Å². The zero-order chi connectivity index (χ0) is 94.4. The van der Waals surface area contributed by atoms with Gasteiger partial charge in [0.15, 0.2) is 5.96 Å². The average Bonchev–Trinajstić information content (AvgIpc) is 1.62. The molecular formula is C89H127N21O17. The van der Waals surface area contributed by atoms with Gasteiger partial charge in [-0.15, -0.1) is 0 Å². The first-order chi connectivity index (χ1) is 60.0. The molecule has 0 fully saturated rings. The van der Waals surface area contributed by atoms with E-state index in [1.54, 1.807) is 84.0 Å². The number of aliphatic hydroxyl groups excluding tert-OH is 2. The van der Waals surface area contributed by atoms with Gasteiger partial charge in [0.2, 0.25) is 76.8 Å². The number of carboxylic acids is 1. The van der Waals surface area contributed by atoms with Gasteiger partial charge in [-0.1, -0.05) is 97.2 Å². The third-order valence-corrected chi connectivity index (χ3v) is 21.8.